The minimum atomic E-state index is -0.0693. The van der Waals surface area contributed by atoms with Crippen molar-refractivity contribution in [3.8, 4) is 5.69 Å². The fourth-order valence-corrected chi connectivity index (χ4v) is 5.74. The number of hydrogen-bond donors (Lipinski definition) is 1. The first-order chi connectivity index (χ1) is 16.8. The predicted molar refractivity (Wildman–Crippen MR) is 152 cm³/mol. The Morgan fingerprint density at radius 1 is 0.914 bits per heavy atom. The van der Waals surface area contributed by atoms with E-state index >= 15 is 0 Å². The lowest BCUT2D eigenvalue weighted by molar-refractivity contribution is 0.565. The van der Waals surface area contributed by atoms with Crippen LogP contribution in [0.5, 0.6) is 0 Å². The molecule has 0 spiro atoms. The number of hydrogen-bond acceptors (Lipinski definition) is 2. The lowest BCUT2D eigenvalue weighted by Gasteiger charge is -2.28. The molecule has 2 atom stereocenters. The lowest BCUT2D eigenvalue weighted by Crippen LogP contribution is -2.29. The van der Waals surface area contributed by atoms with Crippen LogP contribution in [0.3, 0.4) is 0 Å². The van der Waals surface area contributed by atoms with Gasteiger partial charge in [0.15, 0.2) is 5.11 Å². The van der Waals surface area contributed by atoms with Gasteiger partial charge in [-0.1, -0.05) is 34.1 Å². The van der Waals surface area contributed by atoms with Crippen LogP contribution in [-0.4, -0.2) is 14.7 Å². The number of benzene rings is 2. The molecule has 2 aromatic carbocycles. The van der Waals surface area contributed by atoms with Crippen molar-refractivity contribution in [1.82, 2.24) is 14.9 Å². The molecule has 3 heterocycles. The van der Waals surface area contributed by atoms with Crippen molar-refractivity contribution in [3.05, 3.63) is 111 Å². The number of nitrogens with zero attached hydrogens (tertiary/aromatic N) is 3. The van der Waals surface area contributed by atoms with E-state index in [1.807, 2.05) is 18.3 Å². The highest BCUT2D eigenvalue weighted by Crippen LogP contribution is 2.44. The second kappa shape index (κ2) is 9.25. The maximum absolute atomic E-state index is 5.94. The van der Waals surface area contributed by atoms with Gasteiger partial charge in [-0.3, -0.25) is 4.98 Å². The molecule has 1 N–H and O–H groups in total. The van der Waals surface area contributed by atoms with Gasteiger partial charge in [-0.05, 0) is 112 Å². The first-order valence-corrected chi connectivity index (χ1v) is 13.0. The Bertz CT molecular complexity index is 1430. The third kappa shape index (κ3) is 4.19. The molecular formula is C29H29BrN4S. The molecule has 4 nitrogen and oxygen atoms in total. The standard InChI is InChI=1S/C29H29BrN4S/c1-17-9-10-18(2)26(14-17)33-20(4)16-23(21(33)5)28-27(25-8-6-7-13-31-25)32-29(35)34(28)22-11-12-24(30)19(3)15-22/h6-16,27-28H,1-5H3,(H,32,35). The zero-order valence-electron chi connectivity index (χ0n) is 20.6. The summed E-state index contributed by atoms with van der Waals surface area (Å²) in [6.07, 6.45) is 1.85. The van der Waals surface area contributed by atoms with Crippen molar-refractivity contribution in [2.75, 3.05) is 4.90 Å². The molecule has 1 aliphatic heterocycles. The summed E-state index contributed by atoms with van der Waals surface area (Å²) in [6, 6.07) is 21.3. The maximum atomic E-state index is 5.94. The summed E-state index contributed by atoms with van der Waals surface area (Å²) >= 11 is 9.58. The minimum absolute atomic E-state index is 0.0389. The van der Waals surface area contributed by atoms with Gasteiger partial charge in [0.2, 0.25) is 0 Å². The van der Waals surface area contributed by atoms with E-state index in [1.165, 1.54) is 39.3 Å². The molecule has 0 saturated carbocycles. The van der Waals surface area contributed by atoms with E-state index in [0.717, 1.165) is 15.9 Å². The SMILES string of the molecule is Cc1ccc(C)c(-n2c(C)cc(C3C(c4ccccn4)NC(=S)N3c3ccc(Br)c(C)c3)c2C)c1. The summed E-state index contributed by atoms with van der Waals surface area (Å²) in [7, 11) is 0. The van der Waals surface area contributed by atoms with Gasteiger partial charge in [-0.25, -0.2) is 0 Å². The zero-order chi connectivity index (χ0) is 24.9. The molecule has 35 heavy (non-hydrogen) atoms. The summed E-state index contributed by atoms with van der Waals surface area (Å²) in [5.41, 5.74) is 10.6. The van der Waals surface area contributed by atoms with Gasteiger partial charge >= 0.3 is 0 Å². The van der Waals surface area contributed by atoms with Crippen molar-refractivity contribution < 1.29 is 0 Å². The molecule has 5 rings (SSSR count). The molecular weight excluding hydrogens is 516 g/mol. The van der Waals surface area contributed by atoms with Gasteiger partial charge in [0.25, 0.3) is 0 Å². The number of halogens is 1. The fraction of sp³-hybridized carbons (Fsp3) is 0.241. The Morgan fingerprint density at radius 3 is 2.43 bits per heavy atom. The van der Waals surface area contributed by atoms with E-state index in [1.54, 1.807) is 0 Å². The monoisotopic (exact) mass is 544 g/mol. The molecule has 2 aromatic heterocycles. The third-order valence-electron chi connectivity index (χ3n) is 6.91. The van der Waals surface area contributed by atoms with Crippen LogP contribution in [0.4, 0.5) is 5.69 Å². The fourth-order valence-electron chi connectivity index (χ4n) is 5.15. The largest absolute Gasteiger partial charge is 0.351 e. The Kier molecular flexibility index (Phi) is 6.28. The van der Waals surface area contributed by atoms with Crippen LogP contribution in [0.15, 0.2) is 71.3 Å². The molecule has 4 aromatic rings. The van der Waals surface area contributed by atoms with Crippen LogP contribution in [0.1, 0.15) is 51.4 Å². The van der Waals surface area contributed by atoms with E-state index in [-0.39, 0.29) is 12.1 Å². The molecule has 6 heteroatoms. The highest BCUT2D eigenvalue weighted by atomic mass is 79.9. The molecule has 0 amide bonds. The van der Waals surface area contributed by atoms with E-state index in [0.29, 0.717) is 5.11 Å². The third-order valence-corrected chi connectivity index (χ3v) is 8.12. The number of anilines is 1. The molecule has 178 valence electrons. The molecule has 0 radical (unpaired) electrons. The average Bonchev–Trinajstić information content (AvgIpc) is 3.33. The normalized spacial score (nSPS) is 17.7. The number of thiocarbonyl (C=S) groups is 1. The summed E-state index contributed by atoms with van der Waals surface area (Å²) < 4.78 is 3.46. The average molecular weight is 546 g/mol. The van der Waals surface area contributed by atoms with E-state index < -0.39 is 0 Å². The number of nitrogens with one attached hydrogen (secondary N) is 1. The van der Waals surface area contributed by atoms with E-state index in [9.17, 15) is 0 Å². The Balaban J connectivity index is 1.71. The summed E-state index contributed by atoms with van der Waals surface area (Å²) in [5, 5.41) is 4.30. The lowest BCUT2D eigenvalue weighted by atomic mass is 9.96. The Labute approximate surface area is 221 Å². The second-order valence-electron chi connectivity index (χ2n) is 9.38. The predicted octanol–water partition coefficient (Wildman–Crippen LogP) is 7.35. The Hall–Kier alpha value is -2.96. The zero-order valence-corrected chi connectivity index (χ0v) is 23.0. The van der Waals surface area contributed by atoms with Crippen LogP contribution in [0.2, 0.25) is 0 Å². The van der Waals surface area contributed by atoms with E-state index in [2.05, 4.69) is 114 Å². The van der Waals surface area contributed by atoms with Crippen molar-refractivity contribution >= 4 is 38.9 Å². The molecule has 1 fully saturated rings. The van der Waals surface area contributed by atoms with Crippen LogP contribution >= 0.6 is 28.1 Å². The topological polar surface area (TPSA) is 33.1 Å². The molecule has 0 bridgehead atoms. The quantitative estimate of drug-likeness (QED) is 0.272. The number of rotatable bonds is 4. The second-order valence-corrected chi connectivity index (χ2v) is 10.6. The smallest absolute Gasteiger partial charge is 0.174 e. The highest BCUT2D eigenvalue weighted by Gasteiger charge is 2.42. The van der Waals surface area contributed by atoms with Gasteiger partial charge in [0, 0.05) is 33.4 Å². The summed E-state index contributed by atoms with van der Waals surface area (Å²) in [6.45, 7) is 10.8. The molecule has 0 aliphatic carbocycles. The number of aromatic nitrogens is 2. The van der Waals surface area contributed by atoms with Crippen LogP contribution in [-0.2, 0) is 0 Å². The summed E-state index contributed by atoms with van der Waals surface area (Å²) in [4.78, 5) is 6.96. The van der Waals surface area contributed by atoms with E-state index in [4.69, 9.17) is 17.2 Å². The van der Waals surface area contributed by atoms with Crippen molar-refractivity contribution in [2.24, 2.45) is 0 Å². The van der Waals surface area contributed by atoms with Gasteiger partial charge in [0.1, 0.15) is 0 Å². The van der Waals surface area contributed by atoms with Gasteiger partial charge < -0.3 is 14.8 Å². The molecule has 2 unspecified atom stereocenters. The minimum Gasteiger partial charge on any atom is -0.351 e. The summed E-state index contributed by atoms with van der Waals surface area (Å²) in [5.74, 6) is 0. The van der Waals surface area contributed by atoms with Crippen molar-refractivity contribution in [1.29, 1.82) is 0 Å². The first-order valence-electron chi connectivity index (χ1n) is 11.8. The number of aryl methyl sites for hydroxylation is 4. The maximum Gasteiger partial charge on any atom is 0.174 e. The van der Waals surface area contributed by atoms with Gasteiger partial charge in [-0.15, -0.1) is 0 Å². The number of pyridine rings is 1. The van der Waals surface area contributed by atoms with Gasteiger partial charge in [-0.2, -0.15) is 0 Å². The highest BCUT2D eigenvalue weighted by molar-refractivity contribution is 9.10. The van der Waals surface area contributed by atoms with Crippen molar-refractivity contribution in [2.45, 2.75) is 46.7 Å². The Morgan fingerprint density at radius 2 is 1.71 bits per heavy atom. The molecule has 1 saturated heterocycles. The first kappa shape index (κ1) is 23.8. The molecule has 1 aliphatic rings. The van der Waals surface area contributed by atoms with Gasteiger partial charge in [0.05, 0.1) is 17.8 Å². The van der Waals surface area contributed by atoms with Crippen LogP contribution in [0.25, 0.3) is 5.69 Å². The van der Waals surface area contributed by atoms with Crippen molar-refractivity contribution in [3.63, 3.8) is 0 Å². The van der Waals surface area contributed by atoms with Crippen LogP contribution in [0, 0.1) is 34.6 Å². The van der Waals surface area contributed by atoms with Crippen LogP contribution < -0.4 is 10.2 Å².